The maximum Gasteiger partial charge on any atom is 0.408 e. The van der Waals surface area contributed by atoms with E-state index < -0.39 is 18.2 Å². The normalized spacial score (nSPS) is 19.3. The molecule has 2 aromatic rings. The molecule has 124 valence electrons. The number of hydrogen-bond acceptors (Lipinski definition) is 5. The van der Waals surface area contributed by atoms with Crippen molar-refractivity contribution in [2.24, 2.45) is 0 Å². The molecular formula is C18H17NO5. The average Bonchev–Trinajstić information content (AvgIpc) is 3.02. The monoisotopic (exact) mass is 327 g/mol. The fourth-order valence-corrected chi connectivity index (χ4v) is 2.71. The van der Waals surface area contributed by atoms with Crippen LogP contribution in [-0.2, 0) is 4.74 Å². The van der Waals surface area contributed by atoms with Crippen molar-refractivity contribution in [2.75, 3.05) is 14.2 Å². The number of rotatable bonds is 5. The molecule has 6 heteroatoms. The van der Waals surface area contributed by atoms with Crippen LogP contribution < -0.4 is 14.8 Å². The van der Waals surface area contributed by atoms with Crippen molar-refractivity contribution in [3.05, 3.63) is 59.7 Å². The molecular weight excluding hydrogens is 310 g/mol. The van der Waals surface area contributed by atoms with Gasteiger partial charge in [-0.25, -0.2) is 4.79 Å². The van der Waals surface area contributed by atoms with Crippen LogP contribution in [0.5, 0.6) is 11.5 Å². The van der Waals surface area contributed by atoms with E-state index in [-0.39, 0.29) is 5.78 Å². The van der Waals surface area contributed by atoms with Crippen LogP contribution in [0.1, 0.15) is 22.0 Å². The van der Waals surface area contributed by atoms with Gasteiger partial charge in [0, 0.05) is 11.1 Å². The zero-order valence-corrected chi connectivity index (χ0v) is 13.3. The molecule has 1 aliphatic heterocycles. The standard InChI is InChI=1S/C18H17NO5/c1-22-12-8-9-14(23-2)13(10-12)15-17(24-18(21)19-15)16(20)11-6-4-3-5-7-11/h3-10,15,17H,1-2H3,(H,19,21)/t15-,17+/m1/s1. The van der Waals surface area contributed by atoms with E-state index in [1.807, 2.05) is 6.07 Å². The molecule has 0 spiro atoms. The Morgan fingerprint density at radius 2 is 1.83 bits per heavy atom. The molecule has 1 amide bonds. The highest BCUT2D eigenvalue weighted by molar-refractivity contribution is 6.02. The number of benzene rings is 2. The first-order valence-corrected chi connectivity index (χ1v) is 7.42. The van der Waals surface area contributed by atoms with Gasteiger partial charge >= 0.3 is 6.09 Å². The summed E-state index contributed by atoms with van der Waals surface area (Å²) in [7, 11) is 3.07. The highest BCUT2D eigenvalue weighted by atomic mass is 16.6. The molecule has 3 rings (SSSR count). The lowest BCUT2D eigenvalue weighted by molar-refractivity contribution is 0.0720. The summed E-state index contributed by atoms with van der Waals surface area (Å²) in [6.07, 6.45) is -1.61. The molecule has 1 aliphatic rings. The van der Waals surface area contributed by atoms with Crippen LogP contribution in [0.4, 0.5) is 4.79 Å². The Labute approximate surface area is 139 Å². The molecule has 2 atom stereocenters. The lowest BCUT2D eigenvalue weighted by atomic mass is 9.95. The number of carbonyl (C=O) groups excluding carboxylic acids is 2. The molecule has 2 aromatic carbocycles. The number of carbonyl (C=O) groups is 2. The van der Waals surface area contributed by atoms with Crippen molar-refractivity contribution < 1.29 is 23.8 Å². The van der Waals surface area contributed by atoms with E-state index in [1.165, 1.54) is 7.11 Å². The van der Waals surface area contributed by atoms with Crippen LogP contribution in [0.2, 0.25) is 0 Å². The van der Waals surface area contributed by atoms with Crippen LogP contribution >= 0.6 is 0 Å². The Balaban J connectivity index is 1.99. The van der Waals surface area contributed by atoms with Crippen molar-refractivity contribution in [1.29, 1.82) is 0 Å². The van der Waals surface area contributed by atoms with Crippen molar-refractivity contribution in [3.8, 4) is 11.5 Å². The zero-order chi connectivity index (χ0) is 17.1. The highest BCUT2D eigenvalue weighted by Crippen LogP contribution is 2.35. The number of methoxy groups -OCH3 is 2. The summed E-state index contributed by atoms with van der Waals surface area (Å²) < 4.78 is 15.8. The van der Waals surface area contributed by atoms with Crippen LogP contribution in [0.25, 0.3) is 0 Å². The minimum Gasteiger partial charge on any atom is -0.497 e. The number of alkyl carbamates (subject to hydrolysis) is 1. The number of Topliss-reactive ketones (excluding diaryl/α,β-unsaturated/α-hetero) is 1. The first kappa shape index (κ1) is 15.9. The lowest BCUT2D eigenvalue weighted by Crippen LogP contribution is -2.29. The number of amides is 1. The molecule has 1 fully saturated rings. The summed E-state index contributed by atoms with van der Waals surface area (Å²) in [6, 6.07) is 13.3. The third-order valence-electron chi connectivity index (χ3n) is 3.90. The Hall–Kier alpha value is -3.02. The summed E-state index contributed by atoms with van der Waals surface area (Å²) in [4.78, 5) is 24.5. The third kappa shape index (κ3) is 2.90. The van der Waals surface area contributed by atoms with Gasteiger partial charge in [-0.1, -0.05) is 30.3 Å². The number of ether oxygens (including phenoxy) is 3. The van der Waals surface area contributed by atoms with Gasteiger partial charge < -0.3 is 19.5 Å². The Kier molecular flexibility index (Phi) is 4.37. The van der Waals surface area contributed by atoms with Gasteiger partial charge in [0.25, 0.3) is 0 Å². The minimum atomic E-state index is -0.971. The minimum absolute atomic E-state index is 0.274. The van der Waals surface area contributed by atoms with Crippen LogP contribution in [0, 0.1) is 0 Å². The second-order valence-electron chi connectivity index (χ2n) is 5.29. The predicted octanol–water partition coefficient (Wildman–Crippen LogP) is 2.74. The summed E-state index contributed by atoms with van der Waals surface area (Å²) in [5.74, 6) is 0.860. The SMILES string of the molecule is COc1ccc(OC)c([C@H]2NC(=O)O[C@@H]2C(=O)c2ccccc2)c1. The van der Waals surface area contributed by atoms with Crippen molar-refractivity contribution in [3.63, 3.8) is 0 Å². The summed E-state index contributed by atoms with van der Waals surface area (Å²) in [5.41, 5.74) is 1.10. The maximum absolute atomic E-state index is 12.7. The van der Waals surface area contributed by atoms with Gasteiger partial charge in [-0.2, -0.15) is 0 Å². The van der Waals surface area contributed by atoms with Crippen molar-refractivity contribution in [1.82, 2.24) is 5.32 Å². The molecule has 0 unspecified atom stereocenters. The molecule has 0 bridgehead atoms. The Bertz CT molecular complexity index is 759. The second-order valence-corrected chi connectivity index (χ2v) is 5.29. The van der Waals surface area contributed by atoms with Crippen LogP contribution in [-0.4, -0.2) is 32.2 Å². The third-order valence-corrected chi connectivity index (χ3v) is 3.90. The Morgan fingerprint density at radius 1 is 1.08 bits per heavy atom. The molecule has 6 nitrogen and oxygen atoms in total. The summed E-state index contributed by atoms with van der Waals surface area (Å²) >= 11 is 0. The topological polar surface area (TPSA) is 73.9 Å². The lowest BCUT2D eigenvalue weighted by Gasteiger charge is -2.19. The summed E-state index contributed by atoms with van der Waals surface area (Å²) in [5, 5.41) is 2.68. The zero-order valence-electron chi connectivity index (χ0n) is 13.3. The van der Waals surface area contributed by atoms with Crippen LogP contribution in [0.15, 0.2) is 48.5 Å². The van der Waals surface area contributed by atoms with Gasteiger partial charge in [-0.15, -0.1) is 0 Å². The van der Waals surface area contributed by atoms with Crippen molar-refractivity contribution >= 4 is 11.9 Å². The number of nitrogens with one attached hydrogen (secondary N) is 1. The first-order chi connectivity index (χ1) is 11.6. The molecule has 0 radical (unpaired) electrons. The van der Waals surface area contributed by atoms with Gasteiger partial charge in [0.2, 0.25) is 5.78 Å². The van der Waals surface area contributed by atoms with Gasteiger partial charge in [0.15, 0.2) is 6.10 Å². The van der Waals surface area contributed by atoms with Gasteiger partial charge in [-0.3, -0.25) is 4.79 Å². The van der Waals surface area contributed by atoms with Crippen LogP contribution in [0.3, 0.4) is 0 Å². The smallest absolute Gasteiger partial charge is 0.408 e. The maximum atomic E-state index is 12.7. The molecule has 0 aliphatic carbocycles. The molecule has 1 heterocycles. The van der Waals surface area contributed by atoms with Gasteiger partial charge in [-0.05, 0) is 18.2 Å². The molecule has 0 aromatic heterocycles. The van der Waals surface area contributed by atoms with E-state index in [0.717, 1.165) is 0 Å². The van der Waals surface area contributed by atoms with E-state index in [1.54, 1.807) is 49.6 Å². The number of ketones is 1. The van der Waals surface area contributed by atoms with E-state index >= 15 is 0 Å². The fourth-order valence-electron chi connectivity index (χ4n) is 2.71. The highest BCUT2D eigenvalue weighted by Gasteiger charge is 2.42. The Morgan fingerprint density at radius 3 is 2.50 bits per heavy atom. The molecule has 1 saturated heterocycles. The first-order valence-electron chi connectivity index (χ1n) is 7.42. The van der Waals surface area contributed by atoms with E-state index in [0.29, 0.717) is 22.6 Å². The molecule has 0 saturated carbocycles. The van der Waals surface area contributed by atoms with Crippen molar-refractivity contribution in [2.45, 2.75) is 12.1 Å². The van der Waals surface area contributed by atoms with E-state index in [9.17, 15) is 9.59 Å². The summed E-state index contributed by atoms with van der Waals surface area (Å²) in [6.45, 7) is 0. The second kappa shape index (κ2) is 6.62. The largest absolute Gasteiger partial charge is 0.497 e. The van der Waals surface area contributed by atoms with E-state index in [2.05, 4.69) is 5.32 Å². The molecule has 1 N–H and O–H groups in total. The fraction of sp³-hybridized carbons (Fsp3) is 0.222. The van der Waals surface area contributed by atoms with E-state index in [4.69, 9.17) is 14.2 Å². The molecule has 24 heavy (non-hydrogen) atoms. The van der Waals surface area contributed by atoms with Gasteiger partial charge in [0.05, 0.1) is 14.2 Å². The predicted molar refractivity (Wildman–Crippen MR) is 86.5 cm³/mol. The van der Waals surface area contributed by atoms with Gasteiger partial charge in [0.1, 0.15) is 17.5 Å². The number of hydrogen-bond donors (Lipinski definition) is 1. The quantitative estimate of drug-likeness (QED) is 0.855. The number of cyclic esters (lactones) is 1. The average molecular weight is 327 g/mol.